The number of sulfonamides is 1. The number of hydrogen-bond acceptors (Lipinski definition) is 3. The van der Waals surface area contributed by atoms with Crippen LogP contribution in [0.2, 0.25) is 0 Å². The first kappa shape index (κ1) is 16.7. The van der Waals surface area contributed by atoms with Gasteiger partial charge in [-0.2, -0.15) is 5.26 Å². The molecule has 0 atom stereocenters. The van der Waals surface area contributed by atoms with E-state index in [0.717, 1.165) is 5.56 Å². The van der Waals surface area contributed by atoms with E-state index >= 15 is 0 Å². The molecular formula is C17H11F2N3O2S. The first-order chi connectivity index (χ1) is 11.9. The van der Waals surface area contributed by atoms with E-state index in [4.69, 9.17) is 5.26 Å². The summed E-state index contributed by atoms with van der Waals surface area (Å²) in [6, 6.07) is 13.2. The number of nitriles is 1. The number of nitrogens with zero attached hydrogens (tertiary/aromatic N) is 1. The molecule has 3 rings (SSSR count). The molecule has 5 nitrogen and oxygen atoms in total. The number of hydrogen-bond donors (Lipinski definition) is 2. The highest BCUT2D eigenvalue weighted by molar-refractivity contribution is 7.92. The molecule has 0 radical (unpaired) electrons. The third kappa shape index (κ3) is 3.36. The van der Waals surface area contributed by atoms with Crippen molar-refractivity contribution in [3.05, 3.63) is 71.9 Å². The van der Waals surface area contributed by atoms with Gasteiger partial charge < -0.3 is 4.98 Å². The molecule has 2 aromatic carbocycles. The maximum absolute atomic E-state index is 13.9. The van der Waals surface area contributed by atoms with Gasteiger partial charge >= 0.3 is 0 Å². The van der Waals surface area contributed by atoms with Gasteiger partial charge in [0.05, 0.1) is 11.3 Å². The van der Waals surface area contributed by atoms with Crippen molar-refractivity contribution >= 4 is 15.7 Å². The van der Waals surface area contributed by atoms with E-state index in [1.54, 1.807) is 24.3 Å². The molecule has 1 heterocycles. The summed E-state index contributed by atoms with van der Waals surface area (Å²) in [5.41, 5.74) is 0.263. The Hall–Kier alpha value is -3.18. The van der Waals surface area contributed by atoms with Crippen molar-refractivity contribution in [2.45, 2.75) is 4.90 Å². The first-order valence-electron chi connectivity index (χ1n) is 7.06. The summed E-state index contributed by atoms with van der Waals surface area (Å²) < 4.78 is 54.2. The predicted octanol–water partition coefficient (Wildman–Crippen LogP) is 3.63. The minimum absolute atomic E-state index is 0.129. The van der Waals surface area contributed by atoms with Crippen LogP contribution >= 0.6 is 0 Å². The summed E-state index contributed by atoms with van der Waals surface area (Å²) in [5, 5.41) is 8.66. The van der Waals surface area contributed by atoms with E-state index < -0.39 is 32.9 Å². The minimum Gasteiger partial charge on any atom is -0.360 e. The molecule has 0 saturated carbocycles. The predicted molar refractivity (Wildman–Crippen MR) is 88.1 cm³/mol. The van der Waals surface area contributed by atoms with E-state index in [1.165, 1.54) is 18.3 Å². The van der Waals surface area contributed by atoms with Crippen LogP contribution in [-0.4, -0.2) is 13.4 Å². The first-order valence-corrected chi connectivity index (χ1v) is 8.55. The van der Waals surface area contributed by atoms with Crippen molar-refractivity contribution < 1.29 is 17.2 Å². The number of anilines is 1. The van der Waals surface area contributed by atoms with Crippen LogP contribution in [0.5, 0.6) is 0 Å². The van der Waals surface area contributed by atoms with E-state index in [9.17, 15) is 17.2 Å². The lowest BCUT2D eigenvalue weighted by Crippen LogP contribution is -2.13. The Bertz CT molecular complexity index is 1070. The standard InChI is InChI=1S/C17H11F2N3O2S/c18-14-8-17(15(19)6-12(14)9-20)22-25(23,24)13-7-16(21-10-13)11-4-2-1-3-5-11/h1-8,10,21-22H. The molecular weight excluding hydrogens is 348 g/mol. The molecule has 0 saturated heterocycles. The largest absolute Gasteiger partial charge is 0.360 e. The van der Waals surface area contributed by atoms with Crippen LogP contribution in [0.4, 0.5) is 14.5 Å². The number of nitrogens with one attached hydrogen (secondary N) is 2. The number of aromatic amines is 1. The summed E-state index contributed by atoms with van der Waals surface area (Å²) >= 11 is 0. The van der Waals surface area contributed by atoms with E-state index in [0.29, 0.717) is 17.8 Å². The van der Waals surface area contributed by atoms with Crippen molar-refractivity contribution in [1.82, 2.24) is 4.98 Å². The van der Waals surface area contributed by atoms with Crippen molar-refractivity contribution in [2.24, 2.45) is 0 Å². The molecule has 2 N–H and O–H groups in total. The Balaban J connectivity index is 1.92. The molecule has 0 aliphatic heterocycles. The summed E-state index contributed by atoms with van der Waals surface area (Å²) in [5.74, 6) is -2.05. The highest BCUT2D eigenvalue weighted by Gasteiger charge is 2.20. The van der Waals surface area contributed by atoms with Crippen LogP contribution in [0, 0.1) is 23.0 Å². The van der Waals surface area contributed by atoms with Crippen LogP contribution in [0.15, 0.2) is 59.6 Å². The van der Waals surface area contributed by atoms with E-state index in [2.05, 4.69) is 4.98 Å². The topological polar surface area (TPSA) is 85.8 Å². The zero-order chi connectivity index (χ0) is 18.0. The van der Waals surface area contributed by atoms with Crippen molar-refractivity contribution in [2.75, 3.05) is 4.72 Å². The van der Waals surface area contributed by atoms with Crippen LogP contribution in [-0.2, 0) is 10.0 Å². The highest BCUT2D eigenvalue weighted by Crippen LogP contribution is 2.25. The van der Waals surface area contributed by atoms with Crippen molar-refractivity contribution in [1.29, 1.82) is 5.26 Å². The highest BCUT2D eigenvalue weighted by atomic mass is 32.2. The molecule has 0 fully saturated rings. The van der Waals surface area contributed by atoms with Gasteiger partial charge in [-0.15, -0.1) is 0 Å². The molecule has 0 bridgehead atoms. The molecule has 3 aromatic rings. The van der Waals surface area contributed by atoms with Crippen molar-refractivity contribution in [3.63, 3.8) is 0 Å². The second-order valence-electron chi connectivity index (χ2n) is 5.14. The van der Waals surface area contributed by atoms with E-state index in [-0.39, 0.29) is 4.90 Å². The molecule has 8 heteroatoms. The van der Waals surface area contributed by atoms with Gasteiger partial charge in [0, 0.05) is 18.0 Å². The van der Waals surface area contributed by atoms with Crippen LogP contribution in [0.1, 0.15) is 5.56 Å². The fourth-order valence-corrected chi connectivity index (χ4v) is 3.28. The van der Waals surface area contributed by atoms with Gasteiger partial charge in [0.1, 0.15) is 22.6 Å². The smallest absolute Gasteiger partial charge is 0.263 e. The minimum atomic E-state index is -4.13. The van der Waals surface area contributed by atoms with Crippen LogP contribution < -0.4 is 4.72 Å². The Morgan fingerprint density at radius 2 is 1.76 bits per heavy atom. The second-order valence-corrected chi connectivity index (χ2v) is 6.83. The van der Waals surface area contributed by atoms with Gasteiger partial charge in [-0.3, -0.25) is 4.72 Å². The van der Waals surface area contributed by atoms with Gasteiger partial charge in [-0.1, -0.05) is 30.3 Å². The molecule has 0 unspecified atom stereocenters. The number of rotatable bonds is 4. The normalized spacial score (nSPS) is 11.1. The molecule has 0 amide bonds. The Kier molecular flexibility index (Phi) is 4.25. The van der Waals surface area contributed by atoms with Gasteiger partial charge in [-0.05, 0) is 17.7 Å². The monoisotopic (exact) mass is 359 g/mol. The second kappa shape index (κ2) is 6.37. The lowest BCUT2D eigenvalue weighted by atomic mass is 10.2. The van der Waals surface area contributed by atoms with Crippen LogP contribution in [0.3, 0.4) is 0 Å². The van der Waals surface area contributed by atoms with Gasteiger partial charge in [0.2, 0.25) is 0 Å². The average Bonchev–Trinajstić information content (AvgIpc) is 3.09. The zero-order valence-electron chi connectivity index (χ0n) is 12.6. The van der Waals surface area contributed by atoms with Crippen molar-refractivity contribution in [3.8, 4) is 17.3 Å². The fraction of sp³-hybridized carbons (Fsp3) is 0. The lowest BCUT2D eigenvalue weighted by molar-refractivity contribution is 0.593. The molecule has 0 aliphatic carbocycles. The summed E-state index contributed by atoms with van der Waals surface area (Å²) in [4.78, 5) is 2.70. The summed E-state index contributed by atoms with van der Waals surface area (Å²) in [6.07, 6.45) is 1.25. The Morgan fingerprint density at radius 1 is 1.04 bits per heavy atom. The molecule has 0 aliphatic rings. The molecule has 0 spiro atoms. The third-order valence-corrected chi connectivity index (χ3v) is 4.82. The number of H-pyrrole nitrogens is 1. The summed E-state index contributed by atoms with van der Waals surface area (Å²) in [6.45, 7) is 0. The average molecular weight is 359 g/mol. The van der Waals surface area contributed by atoms with E-state index in [1.807, 2.05) is 10.8 Å². The Morgan fingerprint density at radius 3 is 2.44 bits per heavy atom. The molecule has 1 aromatic heterocycles. The fourth-order valence-electron chi connectivity index (χ4n) is 2.23. The number of aromatic nitrogens is 1. The number of halogens is 2. The van der Waals surface area contributed by atoms with Gasteiger partial charge in [-0.25, -0.2) is 17.2 Å². The van der Waals surface area contributed by atoms with Gasteiger partial charge in [0.25, 0.3) is 10.0 Å². The zero-order valence-corrected chi connectivity index (χ0v) is 13.4. The maximum Gasteiger partial charge on any atom is 0.263 e. The quantitative estimate of drug-likeness (QED) is 0.746. The summed E-state index contributed by atoms with van der Waals surface area (Å²) in [7, 11) is -4.13. The molecule has 25 heavy (non-hydrogen) atoms. The maximum atomic E-state index is 13.9. The lowest BCUT2D eigenvalue weighted by Gasteiger charge is -2.08. The third-order valence-electron chi connectivity index (χ3n) is 3.47. The van der Waals surface area contributed by atoms with Gasteiger partial charge in [0.15, 0.2) is 0 Å². The number of benzene rings is 2. The molecule has 126 valence electrons. The Labute approximate surface area is 142 Å². The SMILES string of the molecule is N#Cc1cc(F)c(NS(=O)(=O)c2c[nH]c(-c3ccccc3)c2)cc1F. The van der Waals surface area contributed by atoms with Crippen LogP contribution in [0.25, 0.3) is 11.3 Å².